The molecule has 0 aliphatic carbocycles. The summed E-state index contributed by atoms with van der Waals surface area (Å²) in [6.45, 7) is 4.93. The molecule has 0 bridgehead atoms. The van der Waals surface area contributed by atoms with Crippen LogP contribution in [0.5, 0.6) is 0 Å². The second kappa shape index (κ2) is 14.9. The van der Waals surface area contributed by atoms with E-state index < -0.39 is 0 Å². The predicted octanol–water partition coefficient (Wildman–Crippen LogP) is 6.05. The molecule has 0 saturated heterocycles. The lowest BCUT2D eigenvalue weighted by molar-refractivity contribution is 0.297. The lowest BCUT2D eigenvalue weighted by Crippen LogP contribution is -1.97. The minimum Gasteiger partial charge on any atom is -0.487 e. The van der Waals surface area contributed by atoms with Crippen molar-refractivity contribution >= 4 is 17.3 Å². The summed E-state index contributed by atoms with van der Waals surface area (Å²) >= 11 is 4.86. The molecule has 0 aromatic carbocycles. The molecule has 0 rings (SSSR count). The van der Waals surface area contributed by atoms with Gasteiger partial charge in [-0.25, -0.2) is 0 Å². The van der Waals surface area contributed by atoms with Crippen LogP contribution in [0.25, 0.3) is 0 Å². The summed E-state index contributed by atoms with van der Waals surface area (Å²) in [4.78, 5) is 0. The Kier molecular flexibility index (Phi) is 14.9. The molecule has 108 valence electrons. The third kappa shape index (κ3) is 15.9. The van der Waals surface area contributed by atoms with Crippen molar-refractivity contribution in [2.24, 2.45) is 0 Å². The Hall–Kier alpha value is -0.110. The van der Waals surface area contributed by atoms with Crippen molar-refractivity contribution in [3.8, 4) is 0 Å². The van der Waals surface area contributed by atoms with Crippen LogP contribution in [-0.4, -0.2) is 11.7 Å². The van der Waals surface area contributed by atoms with Crippen LogP contribution >= 0.6 is 12.2 Å². The minimum atomic E-state index is 0.679. The number of ether oxygens (including phenoxy) is 1. The van der Waals surface area contributed by atoms with Gasteiger partial charge in [-0.05, 0) is 18.6 Å². The topological polar surface area (TPSA) is 9.23 Å². The van der Waals surface area contributed by atoms with Gasteiger partial charge in [0, 0.05) is 6.92 Å². The Labute approximate surface area is 120 Å². The Balaban J connectivity index is 2.92. The molecule has 0 unspecified atom stereocenters. The Morgan fingerprint density at radius 2 is 1.11 bits per heavy atom. The zero-order chi connectivity index (χ0) is 13.5. The Morgan fingerprint density at radius 3 is 1.50 bits per heavy atom. The minimum absolute atomic E-state index is 0.679. The number of thiocarbonyl (C=S) groups is 1. The van der Waals surface area contributed by atoms with Gasteiger partial charge in [-0.15, -0.1) is 0 Å². The first-order chi connectivity index (χ1) is 8.77. The monoisotopic (exact) mass is 272 g/mol. The van der Waals surface area contributed by atoms with E-state index in [1.807, 2.05) is 6.92 Å². The maximum Gasteiger partial charge on any atom is 0.156 e. The van der Waals surface area contributed by atoms with Crippen molar-refractivity contribution < 1.29 is 4.74 Å². The average molecular weight is 272 g/mol. The van der Waals surface area contributed by atoms with Gasteiger partial charge >= 0.3 is 0 Å². The fraction of sp³-hybridized carbons (Fsp3) is 0.938. The summed E-state index contributed by atoms with van der Waals surface area (Å²) in [5.41, 5.74) is 0. The van der Waals surface area contributed by atoms with Crippen LogP contribution in [0.1, 0.15) is 90.9 Å². The van der Waals surface area contributed by atoms with Crippen molar-refractivity contribution in [1.82, 2.24) is 0 Å². The van der Waals surface area contributed by atoms with Gasteiger partial charge < -0.3 is 4.74 Å². The zero-order valence-electron chi connectivity index (χ0n) is 12.5. The van der Waals surface area contributed by atoms with Gasteiger partial charge in [0.15, 0.2) is 5.05 Å². The van der Waals surface area contributed by atoms with Crippen LogP contribution in [0.4, 0.5) is 0 Å². The predicted molar refractivity (Wildman–Crippen MR) is 85.3 cm³/mol. The molecule has 0 radical (unpaired) electrons. The highest BCUT2D eigenvalue weighted by Crippen LogP contribution is 2.11. The van der Waals surface area contributed by atoms with Crippen LogP contribution in [0.3, 0.4) is 0 Å². The molecule has 0 aromatic rings. The van der Waals surface area contributed by atoms with E-state index in [2.05, 4.69) is 6.92 Å². The number of hydrogen-bond donors (Lipinski definition) is 0. The largest absolute Gasteiger partial charge is 0.487 e. The molecule has 0 fully saturated rings. The van der Waals surface area contributed by atoms with Crippen LogP contribution in [0, 0.1) is 0 Å². The van der Waals surface area contributed by atoms with Gasteiger partial charge in [0.2, 0.25) is 0 Å². The SMILES string of the molecule is CCCCCCCCCCCCCCOC(C)=S. The molecule has 0 aliphatic rings. The molecule has 1 nitrogen and oxygen atoms in total. The van der Waals surface area contributed by atoms with E-state index in [9.17, 15) is 0 Å². The van der Waals surface area contributed by atoms with Gasteiger partial charge in [-0.1, -0.05) is 77.6 Å². The smallest absolute Gasteiger partial charge is 0.156 e. The summed E-state index contributed by atoms with van der Waals surface area (Å²) in [6.07, 6.45) is 16.6. The van der Waals surface area contributed by atoms with Crippen LogP contribution in [0.15, 0.2) is 0 Å². The summed E-state index contributed by atoms with van der Waals surface area (Å²) in [6, 6.07) is 0. The van der Waals surface area contributed by atoms with E-state index in [1.54, 1.807) is 0 Å². The fourth-order valence-electron chi connectivity index (χ4n) is 2.16. The van der Waals surface area contributed by atoms with E-state index in [-0.39, 0.29) is 0 Å². The van der Waals surface area contributed by atoms with E-state index in [0.29, 0.717) is 5.05 Å². The highest BCUT2D eigenvalue weighted by Gasteiger charge is 1.94. The van der Waals surface area contributed by atoms with Gasteiger partial charge in [-0.2, -0.15) is 0 Å². The highest BCUT2D eigenvalue weighted by molar-refractivity contribution is 7.80. The molecule has 18 heavy (non-hydrogen) atoms. The second-order valence-electron chi connectivity index (χ2n) is 5.23. The summed E-state index contributed by atoms with van der Waals surface area (Å²) in [5, 5.41) is 0.679. The maximum absolute atomic E-state index is 5.27. The third-order valence-electron chi connectivity index (χ3n) is 3.30. The Morgan fingerprint density at radius 1 is 0.722 bits per heavy atom. The average Bonchev–Trinajstić information content (AvgIpc) is 2.34. The first-order valence-electron chi connectivity index (χ1n) is 7.90. The number of hydrogen-bond acceptors (Lipinski definition) is 2. The molecular formula is C16H32OS. The van der Waals surface area contributed by atoms with Crippen molar-refractivity contribution in [2.45, 2.75) is 90.9 Å². The van der Waals surface area contributed by atoms with Gasteiger partial charge in [0.1, 0.15) is 0 Å². The molecule has 0 spiro atoms. The van der Waals surface area contributed by atoms with Gasteiger partial charge in [-0.3, -0.25) is 0 Å². The van der Waals surface area contributed by atoms with E-state index in [0.717, 1.165) is 13.0 Å². The lowest BCUT2D eigenvalue weighted by atomic mass is 10.1. The van der Waals surface area contributed by atoms with Gasteiger partial charge in [0.25, 0.3) is 0 Å². The molecule has 0 atom stereocenters. The van der Waals surface area contributed by atoms with Crippen LogP contribution in [0.2, 0.25) is 0 Å². The standard InChI is InChI=1S/C16H32OS/c1-3-4-5-6-7-8-9-10-11-12-13-14-15-17-16(2)18/h3-15H2,1-2H3. The molecule has 0 saturated carbocycles. The molecule has 0 amide bonds. The molecule has 2 heteroatoms. The van der Waals surface area contributed by atoms with Crippen LogP contribution in [-0.2, 0) is 4.74 Å². The second-order valence-corrected chi connectivity index (χ2v) is 5.80. The quantitative estimate of drug-likeness (QED) is 0.298. The maximum atomic E-state index is 5.27. The van der Waals surface area contributed by atoms with Crippen molar-refractivity contribution in [2.75, 3.05) is 6.61 Å². The van der Waals surface area contributed by atoms with Gasteiger partial charge in [0.05, 0.1) is 6.61 Å². The fourth-order valence-corrected chi connectivity index (χ4v) is 2.24. The first-order valence-corrected chi connectivity index (χ1v) is 8.31. The lowest BCUT2D eigenvalue weighted by Gasteiger charge is -2.04. The van der Waals surface area contributed by atoms with Crippen LogP contribution < -0.4 is 0 Å². The molecule has 0 aromatic heterocycles. The number of unbranched alkanes of at least 4 members (excludes halogenated alkanes) is 11. The van der Waals surface area contributed by atoms with Crippen molar-refractivity contribution in [3.05, 3.63) is 0 Å². The first kappa shape index (κ1) is 17.9. The Bertz CT molecular complexity index is 180. The summed E-state index contributed by atoms with van der Waals surface area (Å²) in [5.74, 6) is 0. The molecule has 0 heterocycles. The third-order valence-corrected chi connectivity index (χ3v) is 3.42. The molecule has 0 N–H and O–H groups in total. The summed E-state index contributed by atoms with van der Waals surface area (Å²) in [7, 11) is 0. The highest BCUT2D eigenvalue weighted by atomic mass is 32.1. The van der Waals surface area contributed by atoms with E-state index in [4.69, 9.17) is 17.0 Å². The zero-order valence-corrected chi connectivity index (χ0v) is 13.3. The normalized spacial score (nSPS) is 10.6. The number of rotatable bonds is 13. The molecule has 0 aliphatic heterocycles. The van der Waals surface area contributed by atoms with E-state index >= 15 is 0 Å². The van der Waals surface area contributed by atoms with Crippen molar-refractivity contribution in [1.29, 1.82) is 0 Å². The van der Waals surface area contributed by atoms with E-state index in [1.165, 1.54) is 70.6 Å². The summed E-state index contributed by atoms with van der Waals surface area (Å²) < 4.78 is 5.27. The molecular weight excluding hydrogens is 240 g/mol. The van der Waals surface area contributed by atoms with Crippen molar-refractivity contribution in [3.63, 3.8) is 0 Å².